The molecule has 0 aromatic heterocycles. The van der Waals surface area contributed by atoms with Gasteiger partial charge in [-0.05, 0) is 38.2 Å². The van der Waals surface area contributed by atoms with Crippen LogP contribution in [-0.2, 0) is 11.2 Å². The summed E-state index contributed by atoms with van der Waals surface area (Å²) in [6.45, 7) is 1.54. The summed E-state index contributed by atoms with van der Waals surface area (Å²) in [5.41, 5.74) is 6.19. The molecule has 0 aliphatic rings. The lowest BCUT2D eigenvalue weighted by Gasteiger charge is -2.11. The van der Waals surface area contributed by atoms with Crippen molar-refractivity contribution in [3.05, 3.63) is 29.8 Å². The average molecular weight is 236 g/mol. The van der Waals surface area contributed by atoms with Crippen LogP contribution in [-0.4, -0.2) is 38.1 Å². The first kappa shape index (κ1) is 13.5. The summed E-state index contributed by atoms with van der Waals surface area (Å²) in [4.78, 5) is 12.8. The molecule has 1 aromatic rings. The van der Waals surface area contributed by atoms with Crippen LogP contribution in [0.3, 0.4) is 0 Å². The van der Waals surface area contributed by atoms with Gasteiger partial charge in [-0.3, -0.25) is 4.79 Å². The van der Waals surface area contributed by atoms with E-state index in [-0.39, 0.29) is 5.91 Å². The monoisotopic (exact) mass is 236 g/mol. The fourth-order valence-electron chi connectivity index (χ4n) is 1.40. The number of ether oxygens (including phenoxy) is 1. The molecule has 1 amide bonds. The second-order valence-corrected chi connectivity index (χ2v) is 4.27. The van der Waals surface area contributed by atoms with Gasteiger partial charge in [-0.2, -0.15) is 0 Å². The van der Waals surface area contributed by atoms with Crippen LogP contribution >= 0.6 is 0 Å². The first-order valence-electron chi connectivity index (χ1n) is 5.72. The fraction of sp³-hybridized carbons (Fsp3) is 0.462. The zero-order valence-corrected chi connectivity index (χ0v) is 10.5. The Morgan fingerprint density at radius 1 is 1.41 bits per heavy atom. The number of carbonyl (C=O) groups excluding carboxylic acids is 1. The minimum atomic E-state index is -0.274. The number of nitrogens with zero attached hydrogens (tertiary/aromatic N) is 1. The van der Waals surface area contributed by atoms with E-state index in [1.54, 1.807) is 0 Å². The summed E-state index contributed by atoms with van der Waals surface area (Å²) in [5, 5.41) is 0. The van der Waals surface area contributed by atoms with Gasteiger partial charge in [0.05, 0.1) is 0 Å². The number of nitrogens with two attached hydrogens (primary N) is 1. The summed E-state index contributed by atoms with van der Waals surface area (Å²) in [7, 11) is 4.01. The summed E-state index contributed by atoms with van der Waals surface area (Å²) in [5.74, 6) is 0.567. The van der Waals surface area contributed by atoms with Gasteiger partial charge in [0.25, 0.3) is 0 Å². The number of hydrogen-bond donors (Lipinski definition) is 1. The maximum Gasteiger partial charge on any atom is 0.217 e. The molecule has 4 heteroatoms. The molecule has 1 rings (SSSR count). The Kier molecular flexibility index (Phi) is 5.49. The Labute approximate surface area is 102 Å². The van der Waals surface area contributed by atoms with Crippen molar-refractivity contribution >= 4 is 5.91 Å². The highest BCUT2D eigenvalue weighted by Gasteiger charge is 2.00. The molecule has 0 fully saturated rings. The first-order valence-corrected chi connectivity index (χ1v) is 5.72. The van der Waals surface area contributed by atoms with Gasteiger partial charge in [0, 0.05) is 13.0 Å². The van der Waals surface area contributed by atoms with Gasteiger partial charge in [-0.25, -0.2) is 0 Å². The number of primary amides is 1. The number of aryl methyl sites for hydroxylation is 1. The zero-order valence-electron chi connectivity index (χ0n) is 10.5. The smallest absolute Gasteiger partial charge is 0.217 e. The van der Waals surface area contributed by atoms with Gasteiger partial charge in [0.2, 0.25) is 5.91 Å². The molecular formula is C13H20N2O2. The van der Waals surface area contributed by atoms with Gasteiger partial charge >= 0.3 is 0 Å². The Hall–Kier alpha value is -1.55. The van der Waals surface area contributed by atoms with Gasteiger partial charge in [0.1, 0.15) is 12.4 Å². The minimum Gasteiger partial charge on any atom is -0.492 e. The van der Waals surface area contributed by atoms with Crippen LogP contribution in [0.25, 0.3) is 0 Å². The van der Waals surface area contributed by atoms with Gasteiger partial charge < -0.3 is 15.4 Å². The van der Waals surface area contributed by atoms with Crippen LogP contribution in [0.4, 0.5) is 0 Å². The van der Waals surface area contributed by atoms with E-state index in [1.165, 1.54) is 0 Å². The van der Waals surface area contributed by atoms with Crippen LogP contribution in [0.2, 0.25) is 0 Å². The van der Waals surface area contributed by atoms with Crippen LogP contribution < -0.4 is 10.5 Å². The molecule has 17 heavy (non-hydrogen) atoms. The highest BCUT2D eigenvalue weighted by Crippen LogP contribution is 2.14. The van der Waals surface area contributed by atoms with Crippen molar-refractivity contribution in [1.82, 2.24) is 4.90 Å². The number of amides is 1. The molecular weight excluding hydrogens is 216 g/mol. The molecule has 0 aliphatic heterocycles. The van der Waals surface area contributed by atoms with Gasteiger partial charge in [0.15, 0.2) is 0 Å². The normalized spacial score (nSPS) is 10.5. The number of hydrogen-bond acceptors (Lipinski definition) is 3. The van der Waals surface area contributed by atoms with E-state index in [4.69, 9.17) is 10.5 Å². The highest BCUT2D eigenvalue weighted by molar-refractivity contribution is 5.74. The lowest BCUT2D eigenvalue weighted by atomic mass is 10.1. The SMILES string of the molecule is CN(C)CCOc1cccc(CCC(N)=O)c1. The maximum atomic E-state index is 10.7. The summed E-state index contributed by atoms with van der Waals surface area (Å²) >= 11 is 0. The van der Waals surface area contributed by atoms with E-state index >= 15 is 0 Å². The van der Waals surface area contributed by atoms with Crippen LogP contribution in [0.15, 0.2) is 24.3 Å². The van der Waals surface area contributed by atoms with E-state index in [0.29, 0.717) is 19.4 Å². The molecule has 0 radical (unpaired) electrons. The minimum absolute atomic E-state index is 0.274. The largest absolute Gasteiger partial charge is 0.492 e. The molecule has 0 bridgehead atoms. The van der Waals surface area contributed by atoms with E-state index in [9.17, 15) is 4.79 Å². The lowest BCUT2D eigenvalue weighted by Crippen LogP contribution is -2.19. The topological polar surface area (TPSA) is 55.6 Å². The molecule has 4 nitrogen and oxygen atoms in total. The van der Waals surface area contributed by atoms with Crippen molar-refractivity contribution in [1.29, 1.82) is 0 Å². The highest BCUT2D eigenvalue weighted by atomic mass is 16.5. The van der Waals surface area contributed by atoms with Crippen molar-refractivity contribution in [2.75, 3.05) is 27.2 Å². The number of carbonyl (C=O) groups is 1. The van der Waals surface area contributed by atoms with Crippen molar-refractivity contribution in [3.63, 3.8) is 0 Å². The molecule has 0 spiro atoms. The van der Waals surface area contributed by atoms with Crippen LogP contribution in [0.5, 0.6) is 5.75 Å². The summed E-state index contributed by atoms with van der Waals surface area (Å²) in [6, 6.07) is 7.78. The summed E-state index contributed by atoms with van der Waals surface area (Å²) in [6.07, 6.45) is 1.04. The van der Waals surface area contributed by atoms with Crippen LogP contribution in [0.1, 0.15) is 12.0 Å². The molecule has 1 aromatic carbocycles. The quantitative estimate of drug-likeness (QED) is 0.769. The second-order valence-electron chi connectivity index (χ2n) is 4.27. The standard InChI is InChI=1S/C13H20N2O2/c1-15(2)8-9-17-12-5-3-4-11(10-12)6-7-13(14)16/h3-5,10H,6-9H2,1-2H3,(H2,14,16). The third-order valence-electron chi connectivity index (χ3n) is 2.37. The van der Waals surface area contributed by atoms with E-state index in [2.05, 4.69) is 4.90 Å². The predicted molar refractivity (Wildman–Crippen MR) is 68.0 cm³/mol. The third kappa shape index (κ3) is 5.92. The number of likely N-dealkylation sites (N-methyl/N-ethyl adjacent to an activating group) is 1. The molecule has 0 aliphatic carbocycles. The van der Waals surface area contributed by atoms with E-state index < -0.39 is 0 Å². The van der Waals surface area contributed by atoms with Crippen LogP contribution in [0, 0.1) is 0 Å². The molecule has 94 valence electrons. The van der Waals surface area contributed by atoms with E-state index in [0.717, 1.165) is 17.9 Å². The van der Waals surface area contributed by atoms with Crippen molar-refractivity contribution in [2.45, 2.75) is 12.8 Å². The molecule has 0 unspecified atom stereocenters. The molecule has 0 heterocycles. The van der Waals surface area contributed by atoms with Gasteiger partial charge in [-0.15, -0.1) is 0 Å². The lowest BCUT2D eigenvalue weighted by molar-refractivity contribution is -0.117. The summed E-state index contributed by atoms with van der Waals surface area (Å²) < 4.78 is 5.61. The van der Waals surface area contributed by atoms with Crippen molar-refractivity contribution in [2.24, 2.45) is 5.73 Å². The zero-order chi connectivity index (χ0) is 12.7. The Morgan fingerprint density at radius 2 is 2.18 bits per heavy atom. The molecule has 0 atom stereocenters. The predicted octanol–water partition coefficient (Wildman–Crippen LogP) is 1.04. The van der Waals surface area contributed by atoms with Crippen molar-refractivity contribution in [3.8, 4) is 5.75 Å². The third-order valence-corrected chi connectivity index (χ3v) is 2.37. The Bertz CT molecular complexity index is 364. The fourth-order valence-corrected chi connectivity index (χ4v) is 1.40. The first-order chi connectivity index (χ1) is 8.08. The Balaban J connectivity index is 2.45. The number of rotatable bonds is 7. The molecule has 0 saturated carbocycles. The second kappa shape index (κ2) is 6.91. The van der Waals surface area contributed by atoms with Crippen molar-refractivity contribution < 1.29 is 9.53 Å². The molecule has 0 saturated heterocycles. The average Bonchev–Trinajstić information content (AvgIpc) is 2.26. The maximum absolute atomic E-state index is 10.7. The Morgan fingerprint density at radius 3 is 2.82 bits per heavy atom. The van der Waals surface area contributed by atoms with Gasteiger partial charge in [-0.1, -0.05) is 12.1 Å². The number of benzene rings is 1. The van der Waals surface area contributed by atoms with E-state index in [1.807, 2.05) is 38.4 Å². The molecule has 2 N–H and O–H groups in total.